The molecule has 112 valence electrons. The summed E-state index contributed by atoms with van der Waals surface area (Å²) in [7, 11) is 0. The van der Waals surface area contributed by atoms with Crippen LogP contribution >= 0.6 is 11.6 Å². The van der Waals surface area contributed by atoms with Gasteiger partial charge in [-0.2, -0.15) is 0 Å². The van der Waals surface area contributed by atoms with Crippen molar-refractivity contribution >= 4 is 11.6 Å². The first-order valence-corrected chi connectivity index (χ1v) is 8.03. The van der Waals surface area contributed by atoms with Crippen LogP contribution in [0.3, 0.4) is 0 Å². The van der Waals surface area contributed by atoms with Crippen molar-refractivity contribution in [2.24, 2.45) is 0 Å². The highest BCUT2D eigenvalue weighted by Crippen LogP contribution is 2.23. The van der Waals surface area contributed by atoms with Crippen LogP contribution in [0.2, 0.25) is 5.02 Å². The van der Waals surface area contributed by atoms with Gasteiger partial charge in [-0.3, -0.25) is 4.98 Å². The van der Waals surface area contributed by atoms with E-state index in [0.29, 0.717) is 6.04 Å². The quantitative estimate of drug-likeness (QED) is 0.809. The fraction of sp³-hybridized carbons (Fsp3) is 0.389. The van der Waals surface area contributed by atoms with Gasteiger partial charge in [0.15, 0.2) is 0 Å². The van der Waals surface area contributed by atoms with E-state index in [-0.39, 0.29) is 0 Å². The summed E-state index contributed by atoms with van der Waals surface area (Å²) in [6, 6.07) is 10.6. The molecule has 0 fully saturated rings. The summed E-state index contributed by atoms with van der Waals surface area (Å²) in [4.78, 5) is 4.25. The smallest absolute Gasteiger partial charge is 0.0408 e. The van der Waals surface area contributed by atoms with E-state index in [4.69, 9.17) is 11.6 Å². The van der Waals surface area contributed by atoms with Crippen LogP contribution in [-0.4, -0.2) is 11.5 Å². The minimum atomic E-state index is 0.307. The number of hydrogen-bond donors (Lipinski definition) is 1. The Labute approximate surface area is 132 Å². The second-order valence-electron chi connectivity index (χ2n) is 5.27. The number of rotatable bonds is 7. The molecular formula is C18H23ClN2. The number of benzene rings is 1. The Balaban J connectivity index is 2.25. The lowest BCUT2D eigenvalue weighted by Crippen LogP contribution is -2.25. The molecule has 2 rings (SSSR count). The fourth-order valence-corrected chi connectivity index (χ4v) is 2.80. The number of nitrogens with zero attached hydrogens (tertiary/aromatic N) is 1. The monoisotopic (exact) mass is 302 g/mol. The van der Waals surface area contributed by atoms with Gasteiger partial charge in [0, 0.05) is 23.5 Å². The zero-order valence-electron chi connectivity index (χ0n) is 12.8. The third-order valence-electron chi connectivity index (χ3n) is 3.67. The van der Waals surface area contributed by atoms with Crippen LogP contribution in [0.15, 0.2) is 42.7 Å². The standard InChI is InChI=1S/C18H23ClN2/c1-3-9-21-18(12-14-6-5-7-16(19)11-14)17-8-10-20-13-15(17)4-2/h5-8,10-11,13,18,21H,3-4,9,12H2,1-2H3. The molecule has 3 heteroatoms. The molecule has 2 nitrogen and oxygen atoms in total. The Kier molecular flexibility index (Phi) is 6.21. The first kappa shape index (κ1) is 16.0. The van der Waals surface area contributed by atoms with E-state index in [1.807, 2.05) is 24.5 Å². The molecule has 0 spiro atoms. The molecule has 1 aromatic heterocycles. The summed E-state index contributed by atoms with van der Waals surface area (Å²) < 4.78 is 0. The van der Waals surface area contributed by atoms with Crippen molar-refractivity contribution in [1.29, 1.82) is 0 Å². The predicted molar refractivity (Wildman–Crippen MR) is 89.8 cm³/mol. The van der Waals surface area contributed by atoms with Crippen LogP contribution in [0.25, 0.3) is 0 Å². The van der Waals surface area contributed by atoms with Gasteiger partial charge in [0.1, 0.15) is 0 Å². The van der Waals surface area contributed by atoms with Crippen molar-refractivity contribution < 1.29 is 0 Å². The Hall–Kier alpha value is -1.38. The van der Waals surface area contributed by atoms with Crippen molar-refractivity contribution in [3.05, 3.63) is 64.4 Å². The molecular weight excluding hydrogens is 280 g/mol. The average molecular weight is 303 g/mol. The van der Waals surface area contributed by atoms with Gasteiger partial charge in [-0.05, 0) is 60.7 Å². The minimum Gasteiger partial charge on any atom is -0.310 e. The Bertz CT molecular complexity index is 569. The summed E-state index contributed by atoms with van der Waals surface area (Å²) >= 11 is 6.11. The molecule has 1 unspecified atom stereocenters. The van der Waals surface area contributed by atoms with E-state index in [1.54, 1.807) is 0 Å². The van der Waals surface area contributed by atoms with Gasteiger partial charge in [0.2, 0.25) is 0 Å². The van der Waals surface area contributed by atoms with Crippen molar-refractivity contribution in [1.82, 2.24) is 10.3 Å². The molecule has 1 atom stereocenters. The number of aromatic nitrogens is 1. The van der Waals surface area contributed by atoms with Crippen molar-refractivity contribution in [3.63, 3.8) is 0 Å². The van der Waals surface area contributed by atoms with Crippen molar-refractivity contribution in [3.8, 4) is 0 Å². The third-order valence-corrected chi connectivity index (χ3v) is 3.90. The van der Waals surface area contributed by atoms with Crippen LogP contribution in [0.5, 0.6) is 0 Å². The van der Waals surface area contributed by atoms with Gasteiger partial charge < -0.3 is 5.32 Å². The maximum Gasteiger partial charge on any atom is 0.0408 e. The lowest BCUT2D eigenvalue weighted by Gasteiger charge is -2.21. The molecule has 0 amide bonds. The molecule has 1 heterocycles. The summed E-state index contributed by atoms with van der Waals surface area (Å²) in [6.07, 6.45) is 6.93. The van der Waals surface area contributed by atoms with Gasteiger partial charge in [0.25, 0.3) is 0 Å². The van der Waals surface area contributed by atoms with Crippen LogP contribution in [0, 0.1) is 0 Å². The average Bonchev–Trinajstić information content (AvgIpc) is 2.51. The molecule has 1 N–H and O–H groups in total. The lowest BCUT2D eigenvalue weighted by molar-refractivity contribution is 0.525. The molecule has 0 saturated carbocycles. The van der Waals surface area contributed by atoms with Crippen LogP contribution in [0.1, 0.15) is 43.0 Å². The predicted octanol–water partition coefficient (Wildman–Crippen LogP) is 4.58. The highest BCUT2D eigenvalue weighted by Gasteiger charge is 2.15. The molecule has 0 aliphatic carbocycles. The summed E-state index contributed by atoms with van der Waals surface area (Å²) in [6.45, 7) is 5.38. The molecule has 2 aromatic rings. The summed E-state index contributed by atoms with van der Waals surface area (Å²) in [5, 5.41) is 4.46. The summed E-state index contributed by atoms with van der Waals surface area (Å²) in [5.74, 6) is 0. The van der Waals surface area contributed by atoms with Crippen LogP contribution in [0.4, 0.5) is 0 Å². The SMILES string of the molecule is CCCNC(Cc1cccc(Cl)c1)c1ccncc1CC. The van der Waals surface area contributed by atoms with Gasteiger partial charge in [0.05, 0.1) is 0 Å². The largest absolute Gasteiger partial charge is 0.310 e. The van der Waals surface area contributed by atoms with Crippen molar-refractivity contribution in [2.45, 2.75) is 39.2 Å². The van der Waals surface area contributed by atoms with Crippen LogP contribution in [-0.2, 0) is 12.8 Å². The van der Waals surface area contributed by atoms with E-state index < -0.39 is 0 Å². The molecule has 1 aromatic carbocycles. The highest BCUT2D eigenvalue weighted by atomic mass is 35.5. The number of hydrogen-bond acceptors (Lipinski definition) is 2. The Morgan fingerprint density at radius 1 is 1.24 bits per heavy atom. The number of pyridine rings is 1. The van der Waals surface area contributed by atoms with Gasteiger partial charge >= 0.3 is 0 Å². The third kappa shape index (κ3) is 4.55. The van der Waals surface area contributed by atoms with E-state index >= 15 is 0 Å². The van der Waals surface area contributed by atoms with E-state index in [2.05, 4.69) is 42.3 Å². The first-order valence-electron chi connectivity index (χ1n) is 7.65. The molecule has 0 aliphatic rings. The topological polar surface area (TPSA) is 24.9 Å². The maximum absolute atomic E-state index is 6.11. The second-order valence-corrected chi connectivity index (χ2v) is 5.71. The van der Waals surface area contributed by atoms with Gasteiger partial charge in [-0.25, -0.2) is 0 Å². The zero-order valence-corrected chi connectivity index (χ0v) is 13.5. The Morgan fingerprint density at radius 3 is 2.81 bits per heavy atom. The molecule has 0 saturated heterocycles. The van der Waals surface area contributed by atoms with Crippen LogP contribution < -0.4 is 5.32 Å². The van der Waals surface area contributed by atoms with Crippen molar-refractivity contribution in [2.75, 3.05) is 6.54 Å². The second kappa shape index (κ2) is 8.16. The van der Waals surface area contributed by atoms with E-state index in [0.717, 1.165) is 30.8 Å². The fourth-order valence-electron chi connectivity index (χ4n) is 2.58. The highest BCUT2D eigenvalue weighted by molar-refractivity contribution is 6.30. The number of halogens is 1. The minimum absolute atomic E-state index is 0.307. The molecule has 0 aliphatic heterocycles. The normalized spacial score (nSPS) is 12.3. The lowest BCUT2D eigenvalue weighted by atomic mass is 9.95. The van der Waals surface area contributed by atoms with E-state index in [9.17, 15) is 0 Å². The molecule has 0 radical (unpaired) electrons. The number of aryl methyl sites for hydroxylation is 1. The van der Waals surface area contributed by atoms with Gasteiger partial charge in [-0.1, -0.05) is 37.6 Å². The first-order chi connectivity index (χ1) is 10.2. The Morgan fingerprint density at radius 2 is 2.10 bits per heavy atom. The van der Waals surface area contributed by atoms with Gasteiger partial charge in [-0.15, -0.1) is 0 Å². The van der Waals surface area contributed by atoms with E-state index in [1.165, 1.54) is 16.7 Å². The number of nitrogens with one attached hydrogen (secondary N) is 1. The molecule has 0 bridgehead atoms. The summed E-state index contributed by atoms with van der Waals surface area (Å²) in [5.41, 5.74) is 3.92. The zero-order chi connectivity index (χ0) is 15.1. The maximum atomic E-state index is 6.11. The molecule has 21 heavy (non-hydrogen) atoms.